The van der Waals surface area contributed by atoms with Crippen LogP contribution in [0.1, 0.15) is 24.6 Å². The van der Waals surface area contributed by atoms with Gasteiger partial charge in [-0.3, -0.25) is 4.79 Å². The van der Waals surface area contributed by atoms with Gasteiger partial charge in [0, 0.05) is 11.4 Å². The van der Waals surface area contributed by atoms with E-state index in [1.165, 1.54) is 4.88 Å². The summed E-state index contributed by atoms with van der Waals surface area (Å²) < 4.78 is 0. The van der Waals surface area contributed by atoms with E-state index in [4.69, 9.17) is 10.9 Å². The fourth-order valence-corrected chi connectivity index (χ4v) is 2.37. The van der Waals surface area contributed by atoms with E-state index in [-0.39, 0.29) is 11.7 Å². The summed E-state index contributed by atoms with van der Waals surface area (Å²) in [4.78, 5) is 13.1. The van der Waals surface area contributed by atoms with Gasteiger partial charge in [0.15, 0.2) is 5.84 Å². The summed E-state index contributed by atoms with van der Waals surface area (Å²) in [6.07, 6.45) is 2.19. The van der Waals surface area contributed by atoms with Crippen molar-refractivity contribution < 1.29 is 10.0 Å². The molecule has 0 saturated heterocycles. The molecule has 1 rings (SSSR count). The number of hydrogen-bond acceptors (Lipinski definition) is 4. The second-order valence-electron chi connectivity index (χ2n) is 3.99. The fourth-order valence-electron chi connectivity index (χ4n) is 1.66. The Balaban J connectivity index is 2.41. The number of thiophene rings is 1. The Labute approximate surface area is 111 Å². The first-order valence-electron chi connectivity index (χ1n) is 5.96. The Kier molecular flexibility index (Phi) is 6.21. The summed E-state index contributed by atoms with van der Waals surface area (Å²) in [7, 11) is 0. The average molecular weight is 269 g/mol. The molecular weight excluding hydrogens is 250 g/mol. The number of oxime groups is 1. The third kappa shape index (κ3) is 4.37. The molecule has 1 amide bonds. The van der Waals surface area contributed by atoms with Crippen LogP contribution in [-0.2, 0) is 11.2 Å². The molecule has 4 N–H and O–H groups in total. The van der Waals surface area contributed by atoms with Gasteiger partial charge in [-0.2, -0.15) is 0 Å². The zero-order valence-electron chi connectivity index (χ0n) is 10.4. The molecule has 1 heterocycles. The Morgan fingerprint density at radius 3 is 3.00 bits per heavy atom. The van der Waals surface area contributed by atoms with Crippen LogP contribution in [0.3, 0.4) is 0 Å². The van der Waals surface area contributed by atoms with E-state index in [1.807, 2.05) is 24.4 Å². The third-order valence-electron chi connectivity index (χ3n) is 2.62. The van der Waals surface area contributed by atoms with Crippen LogP contribution < -0.4 is 11.1 Å². The van der Waals surface area contributed by atoms with Gasteiger partial charge in [-0.1, -0.05) is 24.6 Å². The molecule has 0 spiro atoms. The molecule has 1 atom stereocenters. The Bertz CT molecular complexity index is 390. The molecular formula is C12H19N3O2S. The highest BCUT2D eigenvalue weighted by Crippen LogP contribution is 2.09. The SMILES string of the molecule is CCCC(C(=O)NCCc1cccs1)/C(N)=N/O. The normalized spacial score (nSPS) is 13.3. The predicted octanol–water partition coefficient (Wildman–Crippen LogP) is 1.57. The Morgan fingerprint density at radius 2 is 2.44 bits per heavy atom. The highest BCUT2D eigenvalue weighted by atomic mass is 32.1. The van der Waals surface area contributed by atoms with Crippen LogP contribution in [-0.4, -0.2) is 23.5 Å². The van der Waals surface area contributed by atoms with E-state index in [0.717, 1.165) is 12.8 Å². The van der Waals surface area contributed by atoms with Crippen LogP contribution in [0.2, 0.25) is 0 Å². The Morgan fingerprint density at radius 1 is 1.67 bits per heavy atom. The van der Waals surface area contributed by atoms with Gasteiger partial charge in [-0.25, -0.2) is 0 Å². The van der Waals surface area contributed by atoms with Gasteiger partial charge in [0.2, 0.25) is 5.91 Å². The average Bonchev–Trinajstić information content (AvgIpc) is 2.88. The number of nitrogens with two attached hydrogens (primary N) is 1. The van der Waals surface area contributed by atoms with Gasteiger partial charge in [0.05, 0.1) is 5.92 Å². The van der Waals surface area contributed by atoms with Crippen LogP contribution in [0, 0.1) is 5.92 Å². The van der Waals surface area contributed by atoms with Gasteiger partial charge in [0.25, 0.3) is 0 Å². The number of rotatable bonds is 7. The molecule has 0 aliphatic rings. The predicted molar refractivity (Wildman–Crippen MR) is 72.8 cm³/mol. The summed E-state index contributed by atoms with van der Waals surface area (Å²) >= 11 is 1.66. The van der Waals surface area contributed by atoms with Crippen molar-refractivity contribution in [2.75, 3.05) is 6.54 Å². The maximum absolute atomic E-state index is 11.9. The lowest BCUT2D eigenvalue weighted by atomic mass is 10.0. The Hall–Kier alpha value is -1.56. The molecule has 0 bridgehead atoms. The molecule has 0 aliphatic heterocycles. The standard InChI is InChI=1S/C12H19N3O2S/c1-2-4-10(11(13)15-17)12(16)14-7-6-9-5-3-8-18-9/h3,5,8,10,17H,2,4,6-7H2,1H3,(H2,13,15)(H,14,16). The quantitative estimate of drug-likeness (QED) is 0.304. The zero-order valence-corrected chi connectivity index (χ0v) is 11.2. The first-order valence-corrected chi connectivity index (χ1v) is 6.84. The monoisotopic (exact) mass is 269 g/mol. The molecule has 6 heteroatoms. The molecule has 18 heavy (non-hydrogen) atoms. The third-order valence-corrected chi connectivity index (χ3v) is 3.55. The molecule has 5 nitrogen and oxygen atoms in total. The van der Waals surface area contributed by atoms with E-state index in [2.05, 4.69) is 10.5 Å². The molecule has 1 aromatic heterocycles. The molecule has 0 fully saturated rings. The minimum Gasteiger partial charge on any atom is -0.409 e. The summed E-state index contributed by atoms with van der Waals surface area (Å²) in [5.74, 6) is -0.738. The summed E-state index contributed by atoms with van der Waals surface area (Å²) in [6.45, 7) is 2.52. The number of nitrogens with zero attached hydrogens (tertiary/aromatic N) is 1. The summed E-state index contributed by atoms with van der Waals surface area (Å²) in [5, 5.41) is 16.4. The van der Waals surface area contributed by atoms with Crippen molar-refractivity contribution >= 4 is 23.1 Å². The van der Waals surface area contributed by atoms with E-state index in [0.29, 0.717) is 13.0 Å². The lowest BCUT2D eigenvalue weighted by molar-refractivity contribution is -0.123. The number of amides is 1. The largest absolute Gasteiger partial charge is 0.409 e. The van der Waals surface area contributed by atoms with E-state index >= 15 is 0 Å². The molecule has 100 valence electrons. The molecule has 1 unspecified atom stereocenters. The second-order valence-corrected chi connectivity index (χ2v) is 5.02. The first-order chi connectivity index (χ1) is 8.69. The number of carbonyl (C=O) groups excluding carboxylic acids is 1. The van der Waals surface area contributed by atoms with Crippen LogP contribution in [0.4, 0.5) is 0 Å². The second kappa shape index (κ2) is 7.71. The van der Waals surface area contributed by atoms with Gasteiger partial charge >= 0.3 is 0 Å². The highest BCUT2D eigenvalue weighted by Gasteiger charge is 2.21. The van der Waals surface area contributed by atoms with Crippen LogP contribution >= 0.6 is 11.3 Å². The summed E-state index contributed by atoms with van der Waals surface area (Å²) in [6, 6.07) is 4.02. The number of amidine groups is 1. The van der Waals surface area contributed by atoms with Gasteiger partial charge < -0.3 is 16.3 Å². The van der Waals surface area contributed by atoms with Gasteiger partial charge in [0.1, 0.15) is 0 Å². The molecule has 0 saturated carbocycles. The number of hydrogen-bond donors (Lipinski definition) is 3. The van der Waals surface area contributed by atoms with Crippen molar-refractivity contribution in [1.29, 1.82) is 0 Å². The van der Waals surface area contributed by atoms with Crippen molar-refractivity contribution in [3.05, 3.63) is 22.4 Å². The molecule has 0 radical (unpaired) electrons. The lowest BCUT2D eigenvalue weighted by Gasteiger charge is -2.14. The van der Waals surface area contributed by atoms with Gasteiger partial charge in [-0.05, 0) is 24.3 Å². The maximum Gasteiger partial charge on any atom is 0.230 e. The van der Waals surface area contributed by atoms with E-state index in [1.54, 1.807) is 11.3 Å². The highest BCUT2D eigenvalue weighted by molar-refractivity contribution is 7.09. The van der Waals surface area contributed by atoms with Crippen molar-refractivity contribution in [1.82, 2.24) is 5.32 Å². The zero-order chi connectivity index (χ0) is 13.4. The van der Waals surface area contributed by atoms with Crippen molar-refractivity contribution in [2.24, 2.45) is 16.8 Å². The first kappa shape index (κ1) is 14.5. The van der Waals surface area contributed by atoms with Crippen LogP contribution in [0.5, 0.6) is 0 Å². The lowest BCUT2D eigenvalue weighted by Crippen LogP contribution is -2.39. The number of nitrogens with one attached hydrogen (secondary N) is 1. The summed E-state index contributed by atoms with van der Waals surface area (Å²) in [5.41, 5.74) is 5.51. The fraction of sp³-hybridized carbons (Fsp3) is 0.500. The molecule has 0 aromatic carbocycles. The van der Waals surface area contributed by atoms with Crippen LogP contribution in [0.25, 0.3) is 0 Å². The molecule has 1 aromatic rings. The van der Waals surface area contributed by atoms with Crippen molar-refractivity contribution in [2.45, 2.75) is 26.2 Å². The smallest absolute Gasteiger partial charge is 0.230 e. The maximum atomic E-state index is 11.9. The number of carbonyl (C=O) groups is 1. The van der Waals surface area contributed by atoms with E-state index in [9.17, 15) is 4.79 Å². The van der Waals surface area contributed by atoms with E-state index < -0.39 is 5.92 Å². The van der Waals surface area contributed by atoms with Crippen molar-refractivity contribution in [3.8, 4) is 0 Å². The molecule has 0 aliphatic carbocycles. The van der Waals surface area contributed by atoms with Crippen LogP contribution in [0.15, 0.2) is 22.7 Å². The van der Waals surface area contributed by atoms with Crippen molar-refractivity contribution in [3.63, 3.8) is 0 Å². The minimum absolute atomic E-state index is 0.0227. The van der Waals surface area contributed by atoms with Gasteiger partial charge in [-0.15, -0.1) is 11.3 Å². The minimum atomic E-state index is -0.539. The topological polar surface area (TPSA) is 87.7 Å².